The van der Waals surface area contributed by atoms with Gasteiger partial charge in [-0.05, 0) is 44.7 Å². The molecule has 2 amide bonds. The van der Waals surface area contributed by atoms with Gasteiger partial charge in [-0.25, -0.2) is 5.43 Å². The first-order valence-corrected chi connectivity index (χ1v) is 6.88. The molecule has 0 spiro atoms. The second kappa shape index (κ2) is 6.84. The molecule has 0 heterocycles. The van der Waals surface area contributed by atoms with Gasteiger partial charge >= 0.3 is 11.8 Å². The van der Waals surface area contributed by atoms with Gasteiger partial charge in [0.1, 0.15) is 0 Å². The lowest BCUT2D eigenvalue weighted by atomic mass is 9.99. The number of amides is 2. The van der Waals surface area contributed by atoms with Crippen LogP contribution >= 0.6 is 0 Å². The third kappa shape index (κ3) is 4.19. The molecular formula is C15H19N3O2. The van der Waals surface area contributed by atoms with E-state index in [1.807, 2.05) is 19.1 Å². The predicted octanol–water partition coefficient (Wildman–Crippen LogP) is 2.37. The number of rotatable bonds is 2. The van der Waals surface area contributed by atoms with Gasteiger partial charge in [-0.3, -0.25) is 9.59 Å². The lowest BCUT2D eigenvalue weighted by Gasteiger charge is -2.11. The molecule has 5 heteroatoms. The number of anilines is 1. The first kappa shape index (κ1) is 14.2. The number of carbonyl (C=O) groups is 2. The predicted molar refractivity (Wildman–Crippen MR) is 78.5 cm³/mol. The number of hydrogen-bond acceptors (Lipinski definition) is 3. The summed E-state index contributed by atoms with van der Waals surface area (Å²) in [6.07, 6.45) is 5.22. The molecule has 1 aliphatic rings. The molecular weight excluding hydrogens is 254 g/mol. The van der Waals surface area contributed by atoms with Crippen LogP contribution in [-0.2, 0) is 9.59 Å². The molecule has 20 heavy (non-hydrogen) atoms. The van der Waals surface area contributed by atoms with Gasteiger partial charge in [-0.15, -0.1) is 0 Å². The zero-order chi connectivity index (χ0) is 14.4. The molecule has 0 radical (unpaired) electrons. The summed E-state index contributed by atoms with van der Waals surface area (Å²) in [4.78, 5) is 23.3. The van der Waals surface area contributed by atoms with E-state index >= 15 is 0 Å². The molecule has 2 rings (SSSR count). The Kier molecular flexibility index (Phi) is 4.87. The van der Waals surface area contributed by atoms with Crippen LogP contribution in [-0.4, -0.2) is 17.5 Å². The lowest BCUT2D eigenvalue weighted by molar-refractivity contribution is -0.136. The maximum absolute atomic E-state index is 11.7. The molecule has 0 atom stereocenters. The molecule has 0 unspecified atom stereocenters. The van der Waals surface area contributed by atoms with Crippen molar-refractivity contribution in [1.29, 1.82) is 0 Å². The van der Waals surface area contributed by atoms with Crippen LogP contribution in [0.4, 0.5) is 5.69 Å². The Morgan fingerprint density at radius 2 is 1.65 bits per heavy atom. The standard InChI is InChI=1S/C15H19N3O2/c1-11-7-9-12(10-8-11)16-14(19)15(20)18-17-13-5-3-2-4-6-13/h7-10H,2-6H2,1H3,(H,16,19)(H,18,20). The van der Waals surface area contributed by atoms with Gasteiger partial charge in [0.15, 0.2) is 0 Å². The van der Waals surface area contributed by atoms with Crippen molar-refractivity contribution in [2.45, 2.75) is 39.0 Å². The molecule has 0 saturated heterocycles. The lowest BCUT2D eigenvalue weighted by Crippen LogP contribution is -2.33. The molecule has 1 saturated carbocycles. The highest BCUT2D eigenvalue weighted by Gasteiger charge is 2.14. The van der Waals surface area contributed by atoms with Crippen LogP contribution in [0.15, 0.2) is 29.4 Å². The van der Waals surface area contributed by atoms with E-state index in [1.165, 1.54) is 6.42 Å². The van der Waals surface area contributed by atoms with Crippen LogP contribution in [0.25, 0.3) is 0 Å². The molecule has 5 nitrogen and oxygen atoms in total. The molecule has 0 aliphatic heterocycles. The fraction of sp³-hybridized carbons (Fsp3) is 0.400. The molecule has 1 aromatic rings. The molecule has 106 valence electrons. The van der Waals surface area contributed by atoms with E-state index in [4.69, 9.17) is 0 Å². The van der Waals surface area contributed by atoms with Crippen molar-refractivity contribution < 1.29 is 9.59 Å². The maximum atomic E-state index is 11.7. The summed E-state index contributed by atoms with van der Waals surface area (Å²) >= 11 is 0. The van der Waals surface area contributed by atoms with Gasteiger partial charge < -0.3 is 5.32 Å². The van der Waals surface area contributed by atoms with Crippen LogP contribution < -0.4 is 10.7 Å². The fourth-order valence-corrected chi connectivity index (χ4v) is 2.08. The van der Waals surface area contributed by atoms with Crippen LogP contribution in [0, 0.1) is 6.92 Å². The normalized spacial score (nSPS) is 14.6. The Morgan fingerprint density at radius 3 is 2.30 bits per heavy atom. The summed E-state index contributed by atoms with van der Waals surface area (Å²) in [5.41, 5.74) is 4.98. The van der Waals surface area contributed by atoms with Crippen LogP contribution in [0.1, 0.15) is 37.7 Å². The zero-order valence-electron chi connectivity index (χ0n) is 11.6. The second-order valence-corrected chi connectivity index (χ2v) is 5.00. The van der Waals surface area contributed by atoms with Gasteiger partial charge in [-0.2, -0.15) is 5.10 Å². The minimum Gasteiger partial charge on any atom is -0.318 e. The number of carbonyl (C=O) groups excluding carboxylic acids is 2. The molecule has 2 N–H and O–H groups in total. The third-order valence-electron chi connectivity index (χ3n) is 3.26. The van der Waals surface area contributed by atoms with Gasteiger partial charge in [0, 0.05) is 11.4 Å². The second-order valence-electron chi connectivity index (χ2n) is 5.00. The van der Waals surface area contributed by atoms with Gasteiger partial charge in [-0.1, -0.05) is 24.1 Å². The molecule has 1 aliphatic carbocycles. The van der Waals surface area contributed by atoms with E-state index in [0.29, 0.717) is 5.69 Å². The van der Waals surface area contributed by atoms with Gasteiger partial charge in [0.2, 0.25) is 0 Å². The van der Waals surface area contributed by atoms with Crippen molar-refractivity contribution in [3.05, 3.63) is 29.8 Å². The summed E-state index contributed by atoms with van der Waals surface area (Å²) in [7, 11) is 0. The summed E-state index contributed by atoms with van der Waals surface area (Å²) in [6.45, 7) is 1.96. The topological polar surface area (TPSA) is 70.6 Å². The van der Waals surface area contributed by atoms with E-state index in [-0.39, 0.29) is 0 Å². The van der Waals surface area contributed by atoms with Gasteiger partial charge in [0.25, 0.3) is 0 Å². The van der Waals surface area contributed by atoms with Crippen molar-refractivity contribution in [3.8, 4) is 0 Å². The van der Waals surface area contributed by atoms with E-state index in [0.717, 1.165) is 37.0 Å². The first-order chi connectivity index (χ1) is 9.65. The van der Waals surface area contributed by atoms with Crippen molar-refractivity contribution >= 4 is 23.2 Å². The Hall–Kier alpha value is -2.17. The average molecular weight is 273 g/mol. The minimum atomic E-state index is -0.733. The zero-order valence-corrected chi connectivity index (χ0v) is 11.6. The van der Waals surface area contributed by atoms with Crippen LogP contribution in [0.3, 0.4) is 0 Å². The minimum absolute atomic E-state index is 0.598. The third-order valence-corrected chi connectivity index (χ3v) is 3.26. The number of aryl methyl sites for hydroxylation is 1. The van der Waals surface area contributed by atoms with Crippen molar-refractivity contribution in [3.63, 3.8) is 0 Å². The molecule has 1 fully saturated rings. The molecule has 1 aromatic carbocycles. The number of nitrogens with one attached hydrogen (secondary N) is 2. The largest absolute Gasteiger partial charge is 0.329 e. The number of benzene rings is 1. The van der Waals surface area contributed by atoms with Crippen molar-refractivity contribution in [2.75, 3.05) is 5.32 Å². The van der Waals surface area contributed by atoms with Crippen molar-refractivity contribution in [1.82, 2.24) is 5.43 Å². The Labute approximate surface area is 118 Å². The Bertz CT molecular complexity index is 512. The quantitative estimate of drug-likeness (QED) is 0.641. The van der Waals surface area contributed by atoms with E-state index in [1.54, 1.807) is 12.1 Å². The Morgan fingerprint density at radius 1 is 1.00 bits per heavy atom. The maximum Gasteiger partial charge on any atom is 0.329 e. The first-order valence-electron chi connectivity index (χ1n) is 6.88. The summed E-state index contributed by atoms with van der Waals surface area (Å²) in [5, 5.41) is 6.55. The number of nitrogens with zero attached hydrogens (tertiary/aromatic N) is 1. The Balaban J connectivity index is 1.85. The highest BCUT2D eigenvalue weighted by molar-refractivity contribution is 6.39. The summed E-state index contributed by atoms with van der Waals surface area (Å²) in [6, 6.07) is 7.26. The average Bonchev–Trinajstić information content (AvgIpc) is 2.48. The monoisotopic (exact) mass is 273 g/mol. The number of hydrogen-bond donors (Lipinski definition) is 2. The SMILES string of the molecule is Cc1ccc(NC(=O)C(=O)NN=C2CCCCC2)cc1. The van der Waals surface area contributed by atoms with Crippen LogP contribution in [0.5, 0.6) is 0 Å². The smallest absolute Gasteiger partial charge is 0.318 e. The highest BCUT2D eigenvalue weighted by Crippen LogP contribution is 2.14. The number of hydrazone groups is 1. The fourth-order valence-electron chi connectivity index (χ4n) is 2.08. The van der Waals surface area contributed by atoms with Crippen molar-refractivity contribution in [2.24, 2.45) is 5.10 Å². The summed E-state index contributed by atoms with van der Waals surface area (Å²) < 4.78 is 0. The van der Waals surface area contributed by atoms with E-state index < -0.39 is 11.8 Å². The van der Waals surface area contributed by atoms with Gasteiger partial charge in [0.05, 0.1) is 0 Å². The highest BCUT2D eigenvalue weighted by atomic mass is 16.2. The molecule has 0 bridgehead atoms. The summed E-state index contributed by atoms with van der Waals surface area (Å²) in [5.74, 6) is -1.43. The van der Waals surface area contributed by atoms with E-state index in [2.05, 4.69) is 15.8 Å². The van der Waals surface area contributed by atoms with Crippen LogP contribution in [0.2, 0.25) is 0 Å². The molecule has 0 aromatic heterocycles. The van der Waals surface area contributed by atoms with E-state index in [9.17, 15) is 9.59 Å².